The molecule has 2 atom stereocenters. The first kappa shape index (κ1) is 18.6. The number of guanidine groups is 2. The topological polar surface area (TPSA) is 195 Å². The number of carbonyl (C=O) groups is 2. The molecule has 8 N–H and O–H groups in total. The Balaban J connectivity index is 0.000000384. The fraction of sp³-hybridized carbons (Fsp3) is 0.600. The predicted octanol–water partition coefficient (Wildman–Crippen LogP) is -2.83. The molecule has 0 radical (unpaired) electrons. The van der Waals surface area contributed by atoms with Crippen molar-refractivity contribution in [2.45, 2.75) is 31.7 Å². The molecule has 1 rings (SSSR count). The number of aliphatic carboxylic acids is 2. The van der Waals surface area contributed by atoms with Crippen molar-refractivity contribution in [3.63, 3.8) is 0 Å². The van der Waals surface area contributed by atoms with Gasteiger partial charge in [-0.05, 0) is 13.8 Å². The maximum absolute atomic E-state index is 9.77. The standard InChI is InChI=1S/C6H13N5.C4H6O6/c1-6(2)9-4(7)11(3)5(8)10-6;5-1(3(7)8)2(6)4(9)10/h1-3H3,(H2,7,9)(H2,8,10);1-2,5-6H,(H,7,8)(H,9,10). The van der Waals surface area contributed by atoms with Crippen molar-refractivity contribution < 1.29 is 30.0 Å². The normalized spacial score (nSPS) is 19.4. The van der Waals surface area contributed by atoms with Gasteiger partial charge < -0.3 is 31.9 Å². The second-order valence-corrected chi connectivity index (χ2v) is 4.56. The zero-order valence-corrected chi connectivity index (χ0v) is 11.8. The van der Waals surface area contributed by atoms with E-state index in [1.807, 2.05) is 13.8 Å². The SMILES string of the molecule is CN1C(N)=NC(C)(C)N=C1N.O=C(O)C(O)C(O)C(=O)O. The average Bonchev–Trinajstić information content (AvgIpc) is 2.33. The third-order valence-corrected chi connectivity index (χ3v) is 2.27. The predicted molar refractivity (Wildman–Crippen MR) is 72.4 cm³/mol. The fourth-order valence-electron chi connectivity index (χ4n) is 1.12. The molecule has 0 spiro atoms. The number of rotatable bonds is 3. The van der Waals surface area contributed by atoms with Gasteiger partial charge in [0, 0.05) is 7.05 Å². The Bertz CT molecular complexity index is 435. The van der Waals surface area contributed by atoms with Crippen LogP contribution in [0.5, 0.6) is 0 Å². The van der Waals surface area contributed by atoms with Gasteiger partial charge in [0.05, 0.1) is 0 Å². The Morgan fingerprint density at radius 3 is 1.57 bits per heavy atom. The minimum Gasteiger partial charge on any atom is -0.479 e. The highest BCUT2D eigenvalue weighted by Gasteiger charge is 2.29. The molecule has 0 saturated carbocycles. The molecule has 1 heterocycles. The van der Waals surface area contributed by atoms with Crippen LogP contribution < -0.4 is 11.5 Å². The summed E-state index contributed by atoms with van der Waals surface area (Å²) in [4.78, 5) is 29.3. The highest BCUT2D eigenvalue weighted by molar-refractivity contribution is 5.98. The van der Waals surface area contributed by atoms with Crippen LogP contribution in [0.4, 0.5) is 0 Å². The van der Waals surface area contributed by atoms with E-state index in [1.54, 1.807) is 11.9 Å². The maximum atomic E-state index is 9.77. The molecule has 1 aliphatic heterocycles. The summed E-state index contributed by atoms with van der Waals surface area (Å²) in [5, 5.41) is 32.5. The number of carboxylic acids is 2. The van der Waals surface area contributed by atoms with E-state index in [0.717, 1.165) is 0 Å². The van der Waals surface area contributed by atoms with Crippen LogP contribution in [0.25, 0.3) is 0 Å². The minimum absolute atomic E-state index is 0.405. The summed E-state index contributed by atoms with van der Waals surface area (Å²) in [5.74, 6) is -2.73. The van der Waals surface area contributed by atoms with Crippen molar-refractivity contribution in [1.82, 2.24) is 4.90 Å². The van der Waals surface area contributed by atoms with Crippen LogP contribution in [-0.2, 0) is 9.59 Å². The Morgan fingerprint density at radius 1 is 1.05 bits per heavy atom. The Morgan fingerprint density at radius 2 is 1.33 bits per heavy atom. The van der Waals surface area contributed by atoms with E-state index in [0.29, 0.717) is 11.9 Å². The van der Waals surface area contributed by atoms with E-state index in [-0.39, 0.29) is 0 Å². The number of hydrogen-bond acceptors (Lipinski definition) is 9. The third kappa shape index (κ3) is 5.62. The van der Waals surface area contributed by atoms with Crippen LogP contribution in [0.3, 0.4) is 0 Å². The fourth-order valence-corrected chi connectivity index (χ4v) is 1.12. The van der Waals surface area contributed by atoms with Crippen LogP contribution in [0.2, 0.25) is 0 Å². The van der Waals surface area contributed by atoms with E-state index >= 15 is 0 Å². The van der Waals surface area contributed by atoms with E-state index in [4.69, 9.17) is 31.9 Å². The Kier molecular flexibility index (Phi) is 6.07. The van der Waals surface area contributed by atoms with Crippen LogP contribution >= 0.6 is 0 Å². The molecule has 1 aliphatic rings. The molecule has 0 bridgehead atoms. The van der Waals surface area contributed by atoms with E-state index in [9.17, 15) is 9.59 Å². The van der Waals surface area contributed by atoms with Gasteiger partial charge in [-0.3, -0.25) is 4.90 Å². The van der Waals surface area contributed by atoms with Gasteiger partial charge in [-0.2, -0.15) is 0 Å². The molecule has 0 saturated heterocycles. The van der Waals surface area contributed by atoms with Crippen LogP contribution in [0.1, 0.15) is 13.8 Å². The lowest BCUT2D eigenvalue weighted by Gasteiger charge is -2.27. The zero-order valence-electron chi connectivity index (χ0n) is 11.8. The summed E-state index contributed by atoms with van der Waals surface area (Å²) >= 11 is 0. The lowest BCUT2D eigenvalue weighted by Crippen LogP contribution is -2.48. The second kappa shape index (κ2) is 6.85. The summed E-state index contributed by atoms with van der Waals surface area (Å²) in [6.45, 7) is 3.69. The van der Waals surface area contributed by atoms with Crippen molar-refractivity contribution in [3.8, 4) is 0 Å². The summed E-state index contributed by atoms with van der Waals surface area (Å²) in [7, 11) is 1.73. The number of carboxylic acid groups (broad SMARTS) is 2. The number of aliphatic hydroxyl groups excluding tert-OH is 2. The molecule has 21 heavy (non-hydrogen) atoms. The summed E-state index contributed by atoms with van der Waals surface area (Å²) in [6.07, 6.45) is -4.53. The maximum Gasteiger partial charge on any atom is 0.335 e. The quantitative estimate of drug-likeness (QED) is 0.318. The van der Waals surface area contributed by atoms with Gasteiger partial charge in [-0.1, -0.05) is 0 Å². The number of nitrogens with two attached hydrogens (primary N) is 2. The van der Waals surface area contributed by atoms with Crippen molar-refractivity contribution in [3.05, 3.63) is 0 Å². The van der Waals surface area contributed by atoms with Gasteiger partial charge >= 0.3 is 11.9 Å². The highest BCUT2D eigenvalue weighted by Crippen LogP contribution is 2.14. The first-order valence-electron chi connectivity index (χ1n) is 5.65. The van der Waals surface area contributed by atoms with Gasteiger partial charge in [-0.25, -0.2) is 19.6 Å². The molecule has 0 aromatic heterocycles. The smallest absolute Gasteiger partial charge is 0.335 e. The monoisotopic (exact) mass is 305 g/mol. The summed E-state index contributed by atoms with van der Waals surface area (Å²) in [5.41, 5.74) is 10.6. The number of nitrogens with zero attached hydrogens (tertiary/aromatic N) is 3. The molecule has 0 aliphatic carbocycles. The molecule has 0 fully saturated rings. The van der Waals surface area contributed by atoms with Gasteiger partial charge in [0.25, 0.3) is 0 Å². The van der Waals surface area contributed by atoms with Crippen LogP contribution in [-0.4, -0.2) is 74.1 Å². The average molecular weight is 305 g/mol. The summed E-state index contributed by atoms with van der Waals surface area (Å²) in [6, 6.07) is 0. The van der Waals surface area contributed by atoms with E-state index < -0.39 is 29.8 Å². The Hall–Kier alpha value is -2.40. The van der Waals surface area contributed by atoms with Gasteiger partial charge in [0.2, 0.25) is 0 Å². The number of aliphatic hydroxyl groups is 2. The molecule has 120 valence electrons. The molecule has 0 aromatic rings. The molecule has 11 heteroatoms. The lowest BCUT2D eigenvalue weighted by molar-refractivity contribution is -0.165. The van der Waals surface area contributed by atoms with Gasteiger partial charge in [0.1, 0.15) is 0 Å². The molecule has 11 nitrogen and oxygen atoms in total. The molecule has 2 unspecified atom stereocenters. The molecular formula is C10H19N5O6. The van der Waals surface area contributed by atoms with Crippen LogP contribution in [0, 0.1) is 0 Å². The first-order chi connectivity index (χ1) is 9.39. The lowest BCUT2D eigenvalue weighted by atomic mass is 10.2. The minimum atomic E-state index is -2.27. The van der Waals surface area contributed by atoms with Gasteiger partial charge in [0.15, 0.2) is 29.8 Å². The van der Waals surface area contributed by atoms with E-state index in [2.05, 4.69) is 9.98 Å². The second-order valence-electron chi connectivity index (χ2n) is 4.56. The molecule has 0 aromatic carbocycles. The van der Waals surface area contributed by atoms with Crippen molar-refractivity contribution in [2.75, 3.05) is 7.05 Å². The zero-order chi connectivity index (χ0) is 17.0. The number of hydrogen-bond donors (Lipinski definition) is 6. The summed E-state index contributed by atoms with van der Waals surface area (Å²) < 4.78 is 0. The largest absolute Gasteiger partial charge is 0.479 e. The Labute approximate surface area is 120 Å². The van der Waals surface area contributed by atoms with Crippen LogP contribution in [0.15, 0.2) is 9.98 Å². The van der Waals surface area contributed by atoms with Crippen molar-refractivity contribution in [1.29, 1.82) is 0 Å². The molecule has 0 amide bonds. The van der Waals surface area contributed by atoms with E-state index in [1.165, 1.54) is 0 Å². The highest BCUT2D eigenvalue weighted by atomic mass is 16.4. The number of aliphatic imine (C=N–C) groups is 2. The first-order valence-corrected chi connectivity index (χ1v) is 5.65. The van der Waals surface area contributed by atoms with Crippen molar-refractivity contribution in [2.24, 2.45) is 21.5 Å². The third-order valence-electron chi connectivity index (χ3n) is 2.27. The van der Waals surface area contributed by atoms with Gasteiger partial charge in [-0.15, -0.1) is 0 Å². The molecular weight excluding hydrogens is 286 g/mol. The van der Waals surface area contributed by atoms with Crippen molar-refractivity contribution >= 4 is 23.9 Å².